The van der Waals surface area contributed by atoms with Crippen molar-refractivity contribution in [2.75, 3.05) is 5.32 Å². The lowest BCUT2D eigenvalue weighted by atomic mass is 10.2. The van der Waals surface area contributed by atoms with Gasteiger partial charge in [-0.15, -0.1) is 0 Å². The van der Waals surface area contributed by atoms with Gasteiger partial charge in [0.25, 0.3) is 0 Å². The highest BCUT2D eigenvalue weighted by Crippen LogP contribution is 2.39. The average Bonchev–Trinajstić information content (AvgIpc) is 3.05. The second-order valence-corrected chi connectivity index (χ2v) is 6.98. The predicted molar refractivity (Wildman–Crippen MR) is 90.9 cm³/mol. The molecule has 2 heterocycles. The van der Waals surface area contributed by atoms with E-state index in [2.05, 4.69) is 26.8 Å². The molecule has 0 unspecified atom stereocenters. The molecule has 0 aromatic carbocycles. The number of rotatable bonds is 5. The summed E-state index contributed by atoms with van der Waals surface area (Å²) in [7, 11) is 0. The molecule has 0 bridgehead atoms. The monoisotopic (exact) mass is 317 g/mol. The molecule has 2 aliphatic rings. The van der Waals surface area contributed by atoms with Crippen LogP contribution in [0.2, 0.25) is 0 Å². The van der Waals surface area contributed by atoms with Gasteiger partial charge in [0.1, 0.15) is 11.3 Å². The third kappa shape index (κ3) is 2.53. The smallest absolute Gasteiger partial charge is 0.203 e. The summed E-state index contributed by atoms with van der Waals surface area (Å²) in [4.78, 5) is 13.0. The maximum Gasteiger partial charge on any atom is 0.203 e. The zero-order valence-corrected chi connectivity index (χ0v) is 13.9. The van der Waals surface area contributed by atoms with Crippen molar-refractivity contribution in [1.82, 2.24) is 19.5 Å². The number of anilines is 1. The molecule has 2 aliphatic carbocycles. The first-order chi connectivity index (χ1) is 10.8. The molecule has 0 radical (unpaired) electrons. The highest BCUT2D eigenvalue weighted by Gasteiger charge is 2.28. The fourth-order valence-electron chi connectivity index (χ4n) is 3.39. The minimum Gasteiger partial charge on any atom is -0.365 e. The van der Waals surface area contributed by atoms with Gasteiger partial charge in [0.05, 0.1) is 0 Å². The van der Waals surface area contributed by atoms with Gasteiger partial charge in [0, 0.05) is 18.5 Å². The van der Waals surface area contributed by atoms with E-state index in [9.17, 15) is 0 Å². The Morgan fingerprint density at radius 3 is 2.68 bits per heavy atom. The molecular formula is C16H23N5S. The van der Waals surface area contributed by atoms with E-state index in [1.54, 1.807) is 0 Å². The number of fused-ring (bicyclic) bond motifs is 1. The van der Waals surface area contributed by atoms with Gasteiger partial charge in [0.15, 0.2) is 11.5 Å². The van der Waals surface area contributed by atoms with Crippen LogP contribution in [0.15, 0.2) is 0 Å². The molecule has 22 heavy (non-hydrogen) atoms. The largest absolute Gasteiger partial charge is 0.365 e. The zero-order valence-electron chi connectivity index (χ0n) is 13.1. The van der Waals surface area contributed by atoms with Crippen molar-refractivity contribution in [1.29, 1.82) is 0 Å². The van der Waals surface area contributed by atoms with Crippen molar-refractivity contribution in [3.8, 4) is 0 Å². The number of hydrogen-bond donors (Lipinski definition) is 2. The molecule has 0 aliphatic heterocycles. The molecule has 6 heteroatoms. The van der Waals surface area contributed by atoms with Gasteiger partial charge in [-0.2, -0.15) is 0 Å². The van der Waals surface area contributed by atoms with Crippen LogP contribution < -0.4 is 5.32 Å². The molecule has 2 aromatic rings. The molecule has 2 N–H and O–H groups in total. The molecule has 0 saturated heterocycles. The van der Waals surface area contributed by atoms with Gasteiger partial charge in [-0.05, 0) is 44.3 Å². The Morgan fingerprint density at radius 1 is 1.23 bits per heavy atom. The number of imidazole rings is 1. The number of H-pyrrole nitrogens is 1. The Bertz CT molecular complexity index is 737. The summed E-state index contributed by atoms with van der Waals surface area (Å²) < 4.78 is 2.72. The van der Waals surface area contributed by atoms with Gasteiger partial charge in [-0.1, -0.05) is 19.8 Å². The van der Waals surface area contributed by atoms with E-state index in [4.69, 9.17) is 17.2 Å². The van der Waals surface area contributed by atoms with Crippen molar-refractivity contribution >= 4 is 29.2 Å². The first-order valence-electron chi connectivity index (χ1n) is 8.53. The Labute approximate surface area is 135 Å². The van der Waals surface area contributed by atoms with Gasteiger partial charge in [-0.25, -0.2) is 9.97 Å². The summed E-state index contributed by atoms with van der Waals surface area (Å²) in [5, 5.41) is 3.60. The quantitative estimate of drug-likeness (QED) is 0.814. The van der Waals surface area contributed by atoms with Crippen LogP contribution in [-0.4, -0.2) is 25.6 Å². The van der Waals surface area contributed by atoms with Crippen molar-refractivity contribution in [2.24, 2.45) is 0 Å². The van der Waals surface area contributed by atoms with E-state index in [1.165, 1.54) is 38.5 Å². The summed E-state index contributed by atoms with van der Waals surface area (Å²) in [6.45, 7) is 3.04. The molecule has 2 fully saturated rings. The first kappa shape index (κ1) is 14.2. The lowest BCUT2D eigenvalue weighted by molar-refractivity contribution is 0.668. The maximum atomic E-state index is 5.52. The third-order valence-corrected chi connectivity index (χ3v) is 5.05. The minimum absolute atomic E-state index is 0.528. The second kappa shape index (κ2) is 5.65. The van der Waals surface area contributed by atoms with E-state index < -0.39 is 0 Å². The molecule has 4 rings (SSSR count). The number of aromatic amines is 1. The zero-order chi connectivity index (χ0) is 15.1. The summed E-state index contributed by atoms with van der Waals surface area (Å²) in [6.07, 6.45) is 8.58. The van der Waals surface area contributed by atoms with Crippen LogP contribution in [-0.2, 0) is 6.54 Å². The number of aromatic nitrogens is 4. The summed E-state index contributed by atoms with van der Waals surface area (Å²) in [6, 6.07) is 0.528. The normalized spacial score (nSPS) is 19.1. The molecule has 5 nitrogen and oxygen atoms in total. The van der Waals surface area contributed by atoms with E-state index in [0.29, 0.717) is 16.7 Å². The third-order valence-electron chi connectivity index (χ3n) is 4.74. The SMILES string of the molecule is CCCn1c(=S)nc(NC2CCCC2)c2[nH]c(C3CC3)nc21. The van der Waals surface area contributed by atoms with Crippen LogP contribution >= 0.6 is 12.2 Å². The van der Waals surface area contributed by atoms with Gasteiger partial charge >= 0.3 is 0 Å². The van der Waals surface area contributed by atoms with Crippen molar-refractivity contribution in [3.63, 3.8) is 0 Å². The number of nitrogens with zero attached hydrogens (tertiary/aromatic N) is 3. The fraction of sp³-hybridized carbons (Fsp3) is 0.688. The van der Waals surface area contributed by atoms with E-state index in [0.717, 1.165) is 35.8 Å². The van der Waals surface area contributed by atoms with Crippen molar-refractivity contribution < 1.29 is 0 Å². The second-order valence-electron chi connectivity index (χ2n) is 6.62. The van der Waals surface area contributed by atoms with E-state index >= 15 is 0 Å². The predicted octanol–water partition coefficient (Wildman–Crippen LogP) is 4.13. The molecule has 0 spiro atoms. The topological polar surface area (TPSA) is 58.5 Å². The lowest BCUT2D eigenvalue weighted by Crippen LogP contribution is -2.17. The van der Waals surface area contributed by atoms with Crippen LogP contribution in [0.25, 0.3) is 11.2 Å². The lowest BCUT2D eigenvalue weighted by Gasteiger charge is -2.15. The van der Waals surface area contributed by atoms with Crippen LogP contribution in [0.1, 0.15) is 63.6 Å². The molecule has 0 amide bonds. The van der Waals surface area contributed by atoms with Gasteiger partial charge in [-0.3, -0.25) is 4.57 Å². The van der Waals surface area contributed by atoms with Crippen molar-refractivity contribution in [3.05, 3.63) is 10.6 Å². The number of nitrogens with one attached hydrogen (secondary N) is 2. The number of hydrogen-bond acceptors (Lipinski definition) is 4. The fourth-order valence-corrected chi connectivity index (χ4v) is 3.66. The van der Waals surface area contributed by atoms with Crippen LogP contribution in [0, 0.1) is 4.77 Å². The van der Waals surface area contributed by atoms with Crippen molar-refractivity contribution in [2.45, 2.75) is 70.4 Å². The molecule has 2 aromatic heterocycles. The highest BCUT2D eigenvalue weighted by molar-refractivity contribution is 7.71. The van der Waals surface area contributed by atoms with E-state index in [-0.39, 0.29) is 0 Å². The van der Waals surface area contributed by atoms with Gasteiger partial charge < -0.3 is 10.3 Å². The van der Waals surface area contributed by atoms with E-state index in [1.807, 2.05) is 0 Å². The molecule has 0 atom stereocenters. The molecule has 118 valence electrons. The standard InChI is InChI=1S/C16H23N5S/c1-2-9-21-15-12(18-13(19-15)10-7-8-10)14(20-16(21)22)17-11-5-3-4-6-11/h10-11H,2-9H2,1H3,(H,18,19)(H,17,20,22). The average molecular weight is 317 g/mol. The Hall–Kier alpha value is -1.43. The summed E-state index contributed by atoms with van der Waals surface area (Å²) >= 11 is 5.52. The maximum absolute atomic E-state index is 5.52. The number of aryl methyl sites for hydroxylation is 1. The molecular weight excluding hydrogens is 294 g/mol. The minimum atomic E-state index is 0.528. The molecule has 2 saturated carbocycles. The Kier molecular flexibility index (Phi) is 3.64. The summed E-state index contributed by atoms with van der Waals surface area (Å²) in [5.41, 5.74) is 2.01. The first-order valence-corrected chi connectivity index (χ1v) is 8.94. The highest BCUT2D eigenvalue weighted by atomic mass is 32.1. The van der Waals surface area contributed by atoms with Crippen LogP contribution in [0.3, 0.4) is 0 Å². The van der Waals surface area contributed by atoms with Crippen LogP contribution in [0.5, 0.6) is 0 Å². The Balaban J connectivity index is 1.80. The summed E-state index contributed by atoms with van der Waals surface area (Å²) in [5.74, 6) is 2.62. The van der Waals surface area contributed by atoms with Gasteiger partial charge in [0.2, 0.25) is 4.77 Å². The Morgan fingerprint density at radius 2 is 2.00 bits per heavy atom. The van der Waals surface area contributed by atoms with Crippen LogP contribution in [0.4, 0.5) is 5.82 Å².